The Balaban J connectivity index is -0.0000000480. The van der Waals surface area contributed by atoms with Crippen molar-refractivity contribution < 1.29 is 17.1 Å². The third-order valence-electron chi connectivity index (χ3n) is 0.354. The maximum Gasteiger partial charge on any atom is 2.00 e. The van der Waals surface area contributed by atoms with Crippen LogP contribution < -0.4 is 0 Å². The zero-order valence-corrected chi connectivity index (χ0v) is 5.53. The van der Waals surface area contributed by atoms with Gasteiger partial charge in [-0.2, -0.15) is 6.42 Å². The molecule has 0 amide bonds. The van der Waals surface area contributed by atoms with Crippen LogP contribution >= 0.6 is 0 Å². The predicted molar refractivity (Wildman–Crippen MR) is 25.2 cm³/mol. The first-order valence-electron chi connectivity index (χ1n) is 1.93. The second kappa shape index (κ2) is 37.3. The van der Waals surface area contributed by atoms with Crippen LogP contribution in [-0.2, 0) is 17.1 Å². The Kier molecular flexibility index (Phi) is 84.0. The van der Waals surface area contributed by atoms with Gasteiger partial charge in [0.05, 0.1) is 0 Å². The topological polar surface area (TPSA) is 23.8 Å². The van der Waals surface area contributed by atoms with Crippen LogP contribution in [0.25, 0.3) is 0 Å². The van der Waals surface area contributed by atoms with E-state index in [0.717, 1.165) is 6.42 Å². The molecule has 0 unspecified atom stereocenters. The Morgan fingerprint density at radius 3 is 1.71 bits per heavy atom. The molecule has 0 heterocycles. The van der Waals surface area contributed by atoms with Crippen molar-refractivity contribution >= 4 is 0 Å². The van der Waals surface area contributed by atoms with Gasteiger partial charge in [-0.05, 0) is 0 Å². The quantitative estimate of drug-likeness (QED) is 0.400. The van der Waals surface area contributed by atoms with Crippen LogP contribution in [-0.4, -0.2) is 0 Å². The molecule has 42 valence electrons. The molecule has 0 aromatic carbocycles. The fraction of sp³-hybridized carbons (Fsp3) is 0.600. The van der Waals surface area contributed by atoms with E-state index in [-0.39, 0.29) is 17.1 Å². The molecule has 2 heteroatoms. The van der Waals surface area contributed by atoms with E-state index in [1.165, 1.54) is 6.42 Å². The van der Waals surface area contributed by atoms with Gasteiger partial charge in [-0.25, -0.2) is 0 Å². The van der Waals surface area contributed by atoms with Gasteiger partial charge in [0.2, 0.25) is 0 Å². The van der Waals surface area contributed by atoms with E-state index >= 15 is 0 Å². The third-order valence-corrected chi connectivity index (χ3v) is 0.354. The van der Waals surface area contributed by atoms with E-state index in [1.54, 1.807) is 0 Å². The minimum atomic E-state index is 0. The summed E-state index contributed by atoms with van der Waals surface area (Å²) in [7, 11) is 0. The van der Waals surface area contributed by atoms with E-state index in [9.17, 15) is 0 Å². The molecule has 0 atom stereocenters. The molecule has 7 heavy (non-hydrogen) atoms. The molecule has 0 bridgehead atoms. The van der Waals surface area contributed by atoms with Crippen molar-refractivity contribution in [1.82, 2.24) is 0 Å². The third kappa shape index (κ3) is 94.8. The first-order valence-corrected chi connectivity index (χ1v) is 1.93. The van der Waals surface area contributed by atoms with Gasteiger partial charge in [-0.3, -0.25) is 0 Å². The molecule has 0 aromatic heterocycles. The van der Waals surface area contributed by atoms with Gasteiger partial charge >= 0.3 is 17.1 Å². The maximum atomic E-state index is 6.25. The largest absolute Gasteiger partial charge is 2.00 e. The van der Waals surface area contributed by atoms with Crippen LogP contribution in [0.1, 0.15) is 19.8 Å². The second-order valence-electron chi connectivity index (χ2n) is 0.854. The SMILES string of the molecule is [C-]#N.[CH2-]CCC.[Fe+2]. The van der Waals surface area contributed by atoms with Crippen LogP contribution in [0.2, 0.25) is 0 Å². The zero-order valence-electron chi connectivity index (χ0n) is 4.42. The maximum absolute atomic E-state index is 6.25. The Labute approximate surface area is 56.2 Å². The van der Waals surface area contributed by atoms with Crippen molar-refractivity contribution in [3.63, 3.8) is 0 Å². The summed E-state index contributed by atoms with van der Waals surface area (Å²) in [6.07, 6.45) is 2.28. The molecule has 0 aliphatic rings. The summed E-state index contributed by atoms with van der Waals surface area (Å²) in [5.74, 6) is 0. The molecule has 0 aromatic rings. The molecule has 1 nitrogen and oxygen atoms in total. The first-order chi connectivity index (χ1) is 2.91. The average molecular weight is 139 g/mol. The molecule has 0 aliphatic heterocycles. The van der Waals surface area contributed by atoms with Crippen molar-refractivity contribution in [1.29, 1.82) is 5.26 Å². The second-order valence-corrected chi connectivity index (χ2v) is 0.854. The van der Waals surface area contributed by atoms with Crippen molar-refractivity contribution in [2.75, 3.05) is 0 Å². The smallest absolute Gasteiger partial charge is 0.512 e. The van der Waals surface area contributed by atoms with Crippen LogP contribution in [0.5, 0.6) is 0 Å². The minimum Gasteiger partial charge on any atom is -0.512 e. The molecule has 0 spiro atoms. The van der Waals surface area contributed by atoms with Crippen LogP contribution in [0.3, 0.4) is 0 Å². The summed E-state index contributed by atoms with van der Waals surface area (Å²) in [5.41, 5.74) is 0. The van der Waals surface area contributed by atoms with E-state index in [0.29, 0.717) is 0 Å². The van der Waals surface area contributed by atoms with Crippen LogP contribution in [0.4, 0.5) is 0 Å². The Morgan fingerprint density at radius 1 is 1.57 bits per heavy atom. The average Bonchev–Trinajstić information content (AvgIpc) is 1.72. The summed E-state index contributed by atoms with van der Waals surface area (Å²) in [6, 6.07) is 0. The number of hydrogen-bond acceptors (Lipinski definition) is 1. The predicted octanol–water partition coefficient (Wildman–Crippen LogP) is 1.71. The fourth-order valence-corrected chi connectivity index (χ4v) is 0. The molecule has 0 saturated heterocycles. The van der Waals surface area contributed by atoms with Gasteiger partial charge in [0, 0.05) is 0 Å². The van der Waals surface area contributed by atoms with Gasteiger partial charge in [0.15, 0.2) is 0 Å². The fourth-order valence-electron chi connectivity index (χ4n) is 0. The van der Waals surface area contributed by atoms with Crippen LogP contribution in [0.15, 0.2) is 0 Å². The molecule has 0 radical (unpaired) electrons. The Bertz CT molecular complexity index is 24.5. The number of rotatable bonds is 1. The minimum absolute atomic E-state index is 0. The summed E-state index contributed by atoms with van der Waals surface area (Å²) >= 11 is 0. The molecular weight excluding hydrogens is 130 g/mol. The van der Waals surface area contributed by atoms with Gasteiger partial charge in [0.1, 0.15) is 0 Å². The number of hydrogen-bond donors (Lipinski definition) is 0. The van der Waals surface area contributed by atoms with Gasteiger partial charge < -0.3 is 18.8 Å². The normalized spacial score (nSPS) is 4.57. The molecule has 0 aliphatic carbocycles. The van der Waals surface area contributed by atoms with Crippen molar-refractivity contribution in [3.05, 3.63) is 13.5 Å². The van der Waals surface area contributed by atoms with E-state index in [2.05, 4.69) is 13.8 Å². The van der Waals surface area contributed by atoms with Crippen molar-refractivity contribution in [3.8, 4) is 0 Å². The van der Waals surface area contributed by atoms with Crippen LogP contribution in [0, 0.1) is 18.8 Å². The van der Waals surface area contributed by atoms with Gasteiger partial charge in [0.25, 0.3) is 0 Å². The summed E-state index contributed by atoms with van der Waals surface area (Å²) in [4.78, 5) is 0. The monoisotopic (exact) mass is 139 g/mol. The van der Waals surface area contributed by atoms with E-state index in [4.69, 9.17) is 11.8 Å². The number of unbranched alkanes of at least 4 members (excludes halogenated alkanes) is 1. The molecule has 0 N–H and O–H groups in total. The summed E-state index contributed by atoms with van der Waals surface area (Å²) in [6.45, 7) is 10.5. The zero-order chi connectivity index (χ0) is 5.41. The molecule has 0 saturated carbocycles. The molecular formula is C5H9FeN. The Hall–Kier alpha value is 0.00948. The van der Waals surface area contributed by atoms with E-state index in [1.807, 2.05) is 0 Å². The summed E-state index contributed by atoms with van der Waals surface area (Å²) in [5, 5.41) is 6.25. The summed E-state index contributed by atoms with van der Waals surface area (Å²) < 4.78 is 0. The first kappa shape index (κ1) is 15.7. The molecule has 0 fully saturated rings. The standard InChI is InChI=1S/C4H9.CN.Fe/c1-3-4-2;1-2;/h1,3-4H2,2H3;;/q2*-1;+2. The van der Waals surface area contributed by atoms with Gasteiger partial charge in [-0.15, -0.1) is 0 Å². The van der Waals surface area contributed by atoms with E-state index < -0.39 is 0 Å². The molecule has 0 rings (SSSR count). The Morgan fingerprint density at radius 2 is 1.71 bits per heavy atom. The van der Waals surface area contributed by atoms with Gasteiger partial charge in [-0.1, -0.05) is 13.3 Å². The van der Waals surface area contributed by atoms with Crippen molar-refractivity contribution in [2.24, 2.45) is 0 Å². The van der Waals surface area contributed by atoms with Crippen molar-refractivity contribution in [2.45, 2.75) is 19.8 Å². The number of nitrogens with zero attached hydrogens (tertiary/aromatic N) is 1.